The number of halogens is 1. The summed E-state index contributed by atoms with van der Waals surface area (Å²) in [6.07, 6.45) is 4.99. The van der Waals surface area contributed by atoms with Crippen LogP contribution in [0.2, 0.25) is 0 Å². The molecular weight excluding hydrogens is 216 g/mol. The van der Waals surface area contributed by atoms with Gasteiger partial charge in [-0.2, -0.15) is 0 Å². The molecular formula is C9H15BrN2. The van der Waals surface area contributed by atoms with Crippen molar-refractivity contribution in [1.82, 2.24) is 5.32 Å². The highest BCUT2D eigenvalue weighted by Crippen LogP contribution is 2.16. The van der Waals surface area contributed by atoms with Gasteiger partial charge in [0.25, 0.3) is 0 Å². The minimum absolute atomic E-state index is 0.284. The predicted octanol–water partition coefficient (Wildman–Crippen LogP) is 2.11. The molecule has 1 aliphatic heterocycles. The summed E-state index contributed by atoms with van der Waals surface area (Å²) in [5.41, 5.74) is 1.42. The zero-order valence-corrected chi connectivity index (χ0v) is 9.13. The minimum Gasteiger partial charge on any atom is -0.311 e. The molecule has 0 amide bonds. The Hall–Kier alpha value is -0.150. The first-order valence-corrected chi connectivity index (χ1v) is 5.18. The van der Waals surface area contributed by atoms with E-state index < -0.39 is 0 Å². The van der Waals surface area contributed by atoms with Gasteiger partial charge in [0.15, 0.2) is 0 Å². The largest absolute Gasteiger partial charge is 0.311 e. The van der Waals surface area contributed by atoms with Gasteiger partial charge in [-0.15, -0.1) is 0 Å². The van der Waals surface area contributed by atoms with Crippen LogP contribution in [-0.2, 0) is 0 Å². The van der Waals surface area contributed by atoms with Gasteiger partial charge in [0.1, 0.15) is 4.95 Å². The fraction of sp³-hybridized carbons (Fsp3) is 0.667. The number of hydrogen-bond acceptors (Lipinski definition) is 2. The molecule has 12 heavy (non-hydrogen) atoms. The first kappa shape index (κ1) is 9.93. The highest BCUT2D eigenvalue weighted by molar-refractivity contribution is 9.09. The SMILES string of the molecule is CC(C)NCC1=CC=NC(Br)C1. The number of allylic oxidation sites excluding steroid dienone is 1. The van der Waals surface area contributed by atoms with Crippen molar-refractivity contribution in [2.24, 2.45) is 4.99 Å². The topological polar surface area (TPSA) is 24.4 Å². The van der Waals surface area contributed by atoms with Gasteiger partial charge in [-0.25, -0.2) is 0 Å². The summed E-state index contributed by atoms with van der Waals surface area (Å²) < 4.78 is 0. The Morgan fingerprint density at radius 1 is 1.75 bits per heavy atom. The molecule has 68 valence electrons. The van der Waals surface area contributed by atoms with Crippen molar-refractivity contribution in [2.75, 3.05) is 6.54 Å². The third-order valence-corrected chi connectivity index (χ3v) is 2.29. The van der Waals surface area contributed by atoms with E-state index in [1.807, 2.05) is 6.21 Å². The molecule has 0 bridgehead atoms. The van der Waals surface area contributed by atoms with E-state index in [-0.39, 0.29) is 4.95 Å². The van der Waals surface area contributed by atoms with Crippen LogP contribution < -0.4 is 5.32 Å². The molecule has 0 spiro atoms. The van der Waals surface area contributed by atoms with E-state index in [9.17, 15) is 0 Å². The maximum atomic E-state index is 4.19. The van der Waals surface area contributed by atoms with Crippen molar-refractivity contribution in [1.29, 1.82) is 0 Å². The maximum absolute atomic E-state index is 4.19. The molecule has 1 aliphatic rings. The Kier molecular flexibility index (Phi) is 3.95. The summed E-state index contributed by atoms with van der Waals surface area (Å²) in [4.78, 5) is 4.48. The van der Waals surface area contributed by atoms with Gasteiger partial charge in [-0.1, -0.05) is 35.4 Å². The molecule has 2 nitrogen and oxygen atoms in total. The minimum atomic E-state index is 0.284. The van der Waals surface area contributed by atoms with Gasteiger partial charge in [0.05, 0.1) is 0 Å². The van der Waals surface area contributed by atoms with Crippen molar-refractivity contribution in [2.45, 2.75) is 31.3 Å². The number of rotatable bonds is 3. The van der Waals surface area contributed by atoms with E-state index in [1.54, 1.807) is 0 Å². The molecule has 1 N–H and O–H groups in total. The van der Waals surface area contributed by atoms with Crippen LogP contribution in [0, 0.1) is 0 Å². The summed E-state index contributed by atoms with van der Waals surface area (Å²) in [6, 6.07) is 0.554. The molecule has 1 atom stereocenters. The standard InChI is InChI=1S/C9H15BrN2/c1-7(2)12-6-8-3-4-11-9(10)5-8/h3-4,7,9,12H,5-6H2,1-2H3. The van der Waals surface area contributed by atoms with Gasteiger partial charge in [-0.3, -0.25) is 4.99 Å². The lowest BCUT2D eigenvalue weighted by molar-refractivity contribution is 0.610. The Bertz CT molecular complexity index is 197. The monoisotopic (exact) mass is 230 g/mol. The molecule has 0 fully saturated rings. The van der Waals surface area contributed by atoms with Crippen molar-refractivity contribution < 1.29 is 0 Å². The van der Waals surface area contributed by atoms with Gasteiger partial charge >= 0.3 is 0 Å². The molecule has 1 unspecified atom stereocenters. The Labute approximate surface area is 82.3 Å². The maximum Gasteiger partial charge on any atom is 0.108 e. The normalized spacial score (nSPS) is 23.0. The van der Waals surface area contributed by atoms with Crippen molar-refractivity contribution in [3.63, 3.8) is 0 Å². The van der Waals surface area contributed by atoms with Crippen LogP contribution in [0.1, 0.15) is 20.3 Å². The molecule has 0 saturated carbocycles. The second-order valence-corrected chi connectivity index (χ2v) is 4.35. The lowest BCUT2D eigenvalue weighted by atomic mass is 10.1. The van der Waals surface area contributed by atoms with Crippen molar-refractivity contribution in [3.05, 3.63) is 11.6 Å². The fourth-order valence-electron chi connectivity index (χ4n) is 1.05. The molecule has 0 saturated heterocycles. The van der Waals surface area contributed by atoms with Gasteiger partial charge < -0.3 is 5.32 Å². The highest BCUT2D eigenvalue weighted by Gasteiger charge is 2.08. The van der Waals surface area contributed by atoms with Crippen LogP contribution in [0.15, 0.2) is 16.6 Å². The van der Waals surface area contributed by atoms with E-state index in [4.69, 9.17) is 0 Å². The van der Waals surface area contributed by atoms with Crippen LogP contribution in [0.5, 0.6) is 0 Å². The quantitative estimate of drug-likeness (QED) is 0.583. The number of hydrogen-bond donors (Lipinski definition) is 1. The third-order valence-electron chi connectivity index (χ3n) is 1.73. The number of dihydropyridines is 1. The van der Waals surface area contributed by atoms with Gasteiger partial charge in [0, 0.05) is 25.2 Å². The van der Waals surface area contributed by atoms with Crippen LogP contribution in [0.25, 0.3) is 0 Å². The number of alkyl halides is 1. The first-order chi connectivity index (χ1) is 5.68. The molecule has 3 heteroatoms. The number of nitrogens with zero attached hydrogens (tertiary/aromatic N) is 1. The summed E-state index contributed by atoms with van der Waals surface area (Å²) in [6.45, 7) is 5.29. The van der Waals surface area contributed by atoms with E-state index in [0.29, 0.717) is 6.04 Å². The van der Waals surface area contributed by atoms with E-state index in [0.717, 1.165) is 13.0 Å². The molecule has 0 radical (unpaired) electrons. The third kappa shape index (κ3) is 3.50. The first-order valence-electron chi connectivity index (χ1n) is 4.27. The second-order valence-electron chi connectivity index (χ2n) is 3.30. The molecule has 1 rings (SSSR count). The zero-order chi connectivity index (χ0) is 8.97. The van der Waals surface area contributed by atoms with E-state index >= 15 is 0 Å². The van der Waals surface area contributed by atoms with Crippen LogP contribution in [-0.4, -0.2) is 23.8 Å². The van der Waals surface area contributed by atoms with Crippen LogP contribution in [0.4, 0.5) is 0 Å². The summed E-state index contributed by atoms with van der Waals surface area (Å²) in [5, 5.41) is 3.38. The number of aliphatic imine (C=N–C) groups is 1. The Morgan fingerprint density at radius 2 is 2.50 bits per heavy atom. The van der Waals surface area contributed by atoms with Crippen molar-refractivity contribution in [3.8, 4) is 0 Å². The highest BCUT2D eigenvalue weighted by atomic mass is 79.9. The van der Waals surface area contributed by atoms with Gasteiger partial charge in [0.2, 0.25) is 0 Å². The average molecular weight is 231 g/mol. The smallest absolute Gasteiger partial charge is 0.108 e. The summed E-state index contributed by atoms with van der Waals surface area (Å²) >= 11 is 3.47. The second kappa shape index (κ2) is 4.77. The molecule has 0 aliphatic carbocycles. The lowest BCUT2D eigenvalue weighted by Gasteiger charge is -2.15. The average Bonchev–Trinajstić information content (AvgIpc) is 2.01. The molecule has 0 aromatic rings. The van der Waals surface area contributed by atoms with Crippen molar-refractivity contribution >= 4 is 22.1 Å². The summed E-state index contributed by atoms with van der Waals surface area (Å²) in [7, 11) is 0. The van der Waals surface area contributed by atoms with Gasteiger partial charge in [-0.05, 0) is 6.08 Å². The predicted molar refractivity (Wildman–Crippen MR) is 57.0 cm³/mol. The Balaban J connectivity index is 2.33. The van der Waals surface area contributed by atoms with E-state index in [2.05, 4.69) is 46.2 Å². The lowest BCUT2D eigenvalue weighted by Crippen LogP contribution is -2.26. The number of nitrogens with one attached hydrogen (secondary N) is 1. The zero-order valence-electron chi connectivity index (χ0n) is 7.55. The van der Waals surface area contributed by atoms with E-state index in [1.165, 1.54) is 5.57 Å². The molecule has 0 aromatic heterocycles. The fourth-order valence-corrected chi connectivity index (χ4v) is 1.60. The Morgan fingerprint density at radius 3 is 3.08 bits per heavy atom. The van der Waals surface area contributed by atoms with Crippen LogP contribution in [0.3, 0.4) is 0 Å². The molecule has 1 heterocycles. The molecule has 0 aromatic carbocycles. The van der Waals surface area contributed by atoms with Crippen LogP contribution >= 0.6 is 15.9 Å². The summed E-state index contributed by atoms with van der Waals surface area (Å²) in [5.74, 6) is 0.